The van der Waals surface area contributed by atoms with Crippen LogP contribution in [0.4, 0.5) is 34.6 Å². The summed E-state index contributed by atoms with van der Waals surface area (Å²) >= 11 is 6.36. The van der Waals surface area contributed by atoms with E-state index in [1.165, 1.54) is 23.1 Å². The molecule has 250 valence electrons. The Morgan fingerprint density at radius 2 is 1.67 bits per heavy atom. The summed E-state index contributed by atoms with van der Waals surface area (Å²) in [5.41, 5.74) is 1.18. The predicted octanol–water partition coefficient (Wildman–Crippen LogP) is 8.85. The topological polar surface area (TPSA) is 81.7 Å². The summed E-state index contributed by atoms with van der Waals surface area (Å²) in [7, 11) is 0. The van der Waals surface area contributed by atoms with Crippen molar-refractivity contribution in [3.63, 3.8) is 0 Å². The number of hydrogen-bond acceptors (Lipinski definition) is 4. The number of rotatable bonds is 7. The predicted molar refractivity (Wildman–Crippen MR) is 178 cm³/mol. The molecule has 0 radical (unpaired) electrons. The van der Waals surface area contributed by atoms with Crippen LogP contribution in [-0.4, -0.2) is 23.0 Å². The molecule has 2 atom stereocenters. The second kappa shape index (κ2) is 13.6. The zero-order valence-corrected chi connectivity index (χ0v) is 26.8. The van der Waals surface area contributed by atoms with Crippen LogP contribution in [0.25, 0.3) is 0 Å². The number of carbonyl (C=O) groups excluding carboxylic acids is 2. The van der Waals surface area contributed by atoms with Crippen molar-refractivity contribution in [2.45, 2.75) is 63.9 Å². The van der Waals surface area contributed by atoms with Gasteiger partial charge in [0.2, 0.25) is 5.91 Å². The van der Waals surface area contributed by atoms with Crippen molar-refractivity contribution in [1.82, 2.24) is 0 Å². The minimum Gasteiger partial charge on any atom is -0.392 e. The molecule has 1 aliphatic heterocycles. The van der Waals surface area contributed by atoms with Crippen LogP contribution < -0.4 is 15.5 Å². The summed E-state index contributed by atoms with van der Waals surface area (Å²) in [4.78, 5) is 30.1. The Morgan fingerprint density at radius 3 is 2.33 bits per heavy atom. The van der Waals surface area contributed by atoms with Crippen molar-refractivity contribution < 1.29 is 32.3 Å². The van der Waals surface area contributed by atoms with Gasteiger partial charge in [-0.2, -0.15) is 13.2 Å². The van der Waals surface area contributed by atoms with Gasteiger partial charge in [-0.05, 0) is 97.0 Å². The van der Waals surface area contributed by atoms with E-state index in [0.717, 1.165) is 43.5 Å². The van der Waals surface area contributed by atoms with Gasteiger partial charge < -0.3 is 15.7 Å². The average molecular weight is 680 g/mol. The van der Waals surface area contributed by atoms with Crippen LogP contribution in [0.5, 0.6) is 0 Å². The van der Waals surface area contributed by atoms with Gasteiger partial charge in [0.1, 0.15) is 5.82 Å². The Labute approximate surface area is 280 Å². The Kier molecular flexibility index (Phi) is 9.49. The van der Waals surface area contributed by atoms with Gasteiger partial charge >= 0.3 is 6.18 Å². The first-order chi connectivity index (χ1) is 22.9. The first kappa shape index (κ1) is 33.5. The summed E-state index contributed by atoms with van der Waals surface area (Å²) in [5.74, 6) is -3.06. The van der Waals surface area contributed by atoms with Gasteiger partial charge in [-0.25, -0.2) is 4.39 Å². The molecule has 6 nitrogen and oxygen atoms in total. The fourth-order valence-corrected chi connectivity index (χ4v) is 7.08. The number of amides is 2. The van der Waals surface area contributed by atoms with Crippen molar-refractivity contribution in [2.75, 3.05) is 15.5 Å². The molecule has 1 unspecified atom stereocenters. The highest BCUT2D eigenvalue weighted by Gasteiger charge is 2.44. The van der Waals surface area contributed by atoms with Crippen molar-refractivity contribution in [3.05, 3.63) is 123 Å². The molecule has 4 aromatic carbocycles. The lowest BCUT2D eigenvalue weighted by Gasteiger charge is -2.42. The molecule has 0 bridgehead atoms. The average Bonchev–Trinajstić information content (AvgIpc) is 3.56. The molecule has 0 saturated heterocycles. The fourth-order valence-electron chi connectivity index (χ4n) is 6.88. The highest BCUT2D eigenvalue weighted by molar-refractivity contribution is 6.30. The van der Waals surface area contributed by atoms with Gasteiger partial charge in [0.05, 0.1) is 29.7 Å². The van der Waals surface area contributed by atoms with E-state index in [2.05, 4.69) is 10.6 Å². The Morgan fingerprint density at radius 1 is 0.958 bits per heavy atom. The molecule has 11 heteroatoms. The number of anilines is 3. The zero-order valence-electron chi connectivity index (χ0n) is 26.1. The number of halogens is 5. The van der Waals surface area contributed by atoms with E-state index in [1.54, 1.807) is 31.2 Å². The number of benzene rings is 4. The molecule has 0 spiro atoms. The van der Waals surface area contributed by atoms with Crippen LogP contribution in [-0.2, 0) is 24.0 Å². The molecule has 2 amide bonds. The fraction of sp³-hybridized carbons (Fsp3) is 0.297. The van der Waals surface area contributed by atoms with Crippen LogP contribution in [0.1, 0.15) is 69.9 Å². The molecule has 6 rings (SSSR count). The maximum Gasteiger partial charge on any atom is 0.416 e. The van der Waals surface area contributed by atoms with Gasteiger partial charge in [-0.3, -0.25) is 14.5 Å². The number of hydrogen-bond donors (Lipinski definition) is 3. The van der Waals surface area contributed by atoms with Crippen LogP contribution in [0.3, 0.4) is 0 Å². The summed E-state index contributed by atoms with van der Waals surface area (Å²) < 4.78 is 56.8. The zero-order chi connectivity index (χ0) is 34.2. The maximum absolute atomic E-state index is 15.3. The van der Waals surface area contributed by atoms with Crippen LogP contribution >= 0.6 is 11.6 Å². The normalized spacial score (nSPS) is 18.0. The second-order valence-electron chi connectivity index (χ2n) is 12.4. The summed E-state index contributed by atoms with van der Waals surface area (Å²) in [6.45, 7) is 0.795. The van der Waals surface area contributed by atoms with Gasteiger partial charge in [-0.1, -0.05) is 54.8 Å². The van der Waals surface area contributed by atoms with Gasteiger partial charge in [0.15, 0.2) is 0 Å². The lowest BCUT2D eigenvalue weighted by molar-refractivity contribution is -0.138. The largest absolute Gasteiger partial charge is 0.416 e. The van der Waals surface area contributed by atoms with E-state index >= 15 is 4.39 Å². The third kappa shape index (κ3) is 6.77. The Bertz CT molecular complexity index is 1820. The van der Waals surface area contributed by atoms with E-state index in [4.69, 9.17) is 11.6 Å². The number of carbonyl (C=O) groups is 2. The highest BCUT2D eigenvalue weighted by atomic mass is 35.5. The smallest absolute Gasteiger partial charge is 0.392 e. The highest BCUT2D eigenvalue weighted by Crippen LogP contribution is 2.45. The minimum absolute atomic E-state index is 0.0926. The molecule has 48 heavy (non-hydrogen) atoms. The lowest BCUT2D eigenvalue weighted by Crippen LogP contribution is -2.47. The number of aryl methyl sites for hydroxylation is 1. The standard InChI is InChI=1S/C37H34ClF4N3O3/c1-21-5-4-8-31(39)33(21)36(48)45-32-16-12-25(38)17-24(32)18-29(34(45)22-9-13-27(14-10-22)43-26-6-2-3-7-26)35(47)44-28-15-11-23(20-46)30(19-28)37(40,41)42/h4-5,8-17,19,26,29,34,43,46H,2-3,6-7,18,20H2,1H3,(H,44,47)/t29-,34?/m0/s1. The number of aliphatic hydroxyl groups excluding tert-OH is 1. The number of nitrogens with one attached hydrogen (secondary N) is 2. The number of alkyl halides is 3. The van der Waals surface area contributed by atoms with E-state index in [9.17, 15) is 27.9 Å². The Balaban J connectivity index is 1.45. The quantitative estimate of drug-likeness (QED) is 0.171. The summed E-state index contributed by atoms with van der Waals surface area (Å²) in [5, 5.41) is 16.0. The molecular formula is C37H34ClF4N3O3. The molecule has 0 aromatic heterocycles. The number of nitrogens with zero attached hydrogens (tertiary/aromatic N) is 1. The van der Waals surface area contributed by atoms with Crippen molar-refractivity contribution in [3.8, 4) is 0 Å². The molecule has 3 N–H and O–H groups in total. The van der Waals surface area contributed by atoms with E-state index in [1.807, 2.05) is 24.3 Å². The maximum atomic E-state index is 15.3. The van der Waals surface area contributed by atoms with Gasteiger partial charge in [0, 0.05) is 28.1 Å². The third-order valence-electron chi connectivity index (χ3n) is 9.22. The first-order valence-corrected chi connectivity index (χ1v) is 16.2. The first-order valence-electron chi connectivity index (χ1n) is 15.8. The van der Waals surface area contributed by atoms with Crippen LogP contribution in [0, 0.1) is 18.7 Å². The van der Waals surface area contributed by atoms with Crippen LogP contribution in [0.2, 0.25) is 5.02 Å². The van der Waals surface area contributed by atoms with Crippen molar-refractivity contribution in [2.24, 2.45) is 5.92 Å². The summed E-state index contributed by atoms with van der Waals surface area (Å²) in [6.07, 6.45) is -0.251. The monoisotopic (exact) mass is 679 g/mol. The third-order valence-corrected chi connectivity index (χ3v) is 9.46. The molecule has 1 saturated carbocycles. The molecular weight excluding hydrogens is 646 g/mol. The van der Waals surface area contributed by atoms with Crippen LogP contribution in [0.15, 0.2) is 78.9 Å². The molecule has 2 aliphatic rings. The molecule has 4 aromatic rings. The Hall–Kier alpha value is -4.41. The SMILES string of the molecule is Cc1cccc(F)c1C(=O)N1c2ccc(Cl)cc2C[C@H](C(=O)Nc2ccc(CO)c(C(F)(F)F)c2)C1c1ccc(NC2CCCC2)cc1. The molecule has 1 fully saturated rings. The number of aliphatic hydroxyl groups is 1. The molecule has 1 heterocycles. The van der Waals surface area contributed by atoms with Gasteiger partial charge in [0.25, 0.3) is 5.91 Å². The lowest BCUT2D eigenvalue weighted by atomic mass is 9.80. The minimum atomic E-state index is -4.77. The van der Waals surface area contributed by atoms with E-state index in [-0.39, 0.29) is 23.2 Å². The van der Waals surface area contributed by atoms with Crippen molar-refractivity contribution >= 4 is 40.5 Å². The second-order valence-corrected chi connectivity index (χ2v) is 12.8. The molecule has 1 aliphatic carbocycles. The van der Waals surface area contributed by atoms with Gasteiger partial charge in [-0.15, -0.1) is 0 Å². The number of fused-ring (bicyclic) bond motifs is 1. The van der Waals surface area contributed by atoms with E-state index < -0.39 is 47.9 Å². The summed E-state index contributed by atoms with van der Waals surface area (Å²) in [6, 6.07) is 19.2. The van der Waals surface area contributed by atoms with Crippen molar-refractivity contribution in [1.29, 1.82) is 0 Å². The van der Waals surface area contributed by atoms with E-state index in [0.29, 0.717) is 33.4 Å².